The number of anilines is 1. The van der Waals surface area contributed by atoms with Crippen molar-refractivity contribution >= 4 is 34.2 Å². The summed E-state index contributed by atoms with van der Waals surface area (Å²) < 4.78 is 7.74. The number of rotatable bonds is 5. The Morgan fingerprint density at radius 2 is 1.94 bits per heavy atom. The molecule has 0 N–H and O–H groups in total. The molecule has 0 aliphatic carbocycles. The lowest BCUT2D eigenvalue weighted by Gasteiger charge is -2.20. The summed E-state index contributed by atoms with van der Waals surface area (Å²) in [5.74, 6) is 1.59. The molecule has 5 nitrogen and oxygen atoms in total. The molecule has 0 saturated carbocycles. The topological polar surface area (TPSA) is 47.4 Å². The first-order chi connectivity index (χ1) is 15.5. The van der Waals surface area contributed by atoms with E-state index < -0.39 is 0 Å². The van der Waals surface area contributed by atoms with Crippen LogP contribution in [0.2, 0.25) is 5.02 Å². The molecule has 4 aromatic rings. The lowest BCUT2D eigenvalue weighted by molar-refractivity contribution is -0.117. The van der Waals surface area contributed by atoms with Crippen molar-refractivity contribution in [2.45, 2.75) is 25.8 Å². The summed E-state index contributed by atoms with van der Waals surface area (Å²) in [6.07, 6.45) is 0.396. The van der Waals surface area contributed by atoms with Gasteiger partial charge in [-0.1, -0.05) is 53.6 Å². The Morgan fingerprint density at radius 3 is 2.75 bits per heavy atom. The van der Waals surface area contributed by atoms with E-state index in [1.807, 2.05) is 18.2 Å². The first-order valence-corrected chi connectivity index (χ1v) is 11.1. The molecule has 1 fully saturated rings. The number of aryl methyl sites for hydroxylation is 1. The SMILES string of the molecule is COc1ccc(Cl)cc1N1C[C@H](c2nc3ccccc3n2Cc2cccc(C)c2)CC1=O. The number of methoxy groups -OCH3 is 1. The van der Waals surface area contributed by atoms with Crippen molar-refractivity contribution in [2.24, 2.45) is 0 Å². The zero-order valence-corrected chi connectivity index (χ0v) is 18.8. The van der Waals surface area contributed by atoms with Crippen molar-refractivity contribution in [1.29, 1.82) is 0 Å². The minimum absolute atomic E-state index is 0.0246. The van der Waals surface area contributed by atoms with Gasteiger partial charge in [0.15, 0.2) is 0 Å². The highest BCUT2D eigenvalue weighted by Gasteiger charge is 2.36. The number of halogens is 1. The van der Waals surface area contributed by atoms with E-state index in [0.717, 1.165) is 16.9 Å². The molecule has 5 rings (SSSR count). The molecular formula is C26H24ClN3O2. The molecule has 1 aliphatic heterocycles. The van der Waals surface area contributed by atoms with Crippen molar-refractivity contribution in [3.8, 4) is 5.75 Å². The van der Waals surface area contributed by atoms with Crippen LogP contribution in [0.1, 0.15) is 29.3 Å². The lowest BCUT2D eigenvalue weighted by Crippen LogP contribution is -2.25. The van der Waals surface area contributed by atoms with Crippen LogP contribution in [0.4, 0.5) is 5.69 Å². The number of nitrogens with zero attached hydrogens (tertiary/aromatic N) is 3. The van der Waals surface area contributed by atoms with Crippen LogP contribution in [0.25, 0.3) is 11.0 Å². The number of carbonyl (C=O) groups excluding carboxylic acids is 1. The Kier molecular flexibility index (Phi) is 5.35. The van der Waals surface area contributed by atoms with Gasteiger partial charge in [0.1, 0.15) is 11.6 Å². The number of para-hydroxylation sites is 2. The highest BCUT2D eigenvalue weighted by molar-refractivity contribution is 6.31. The Hall–Kier alpha value is -3.31. The van der Waals surface area contributed by atoms with E-state index in [-0.39, 0.29) is 11.8 Å². The van der Waals surface area contributed by atoms with E-state index in [2.05, 4.69) is 41.8 Å². The second-order valence-electron chi connectivity index (χ2n) is 8.26. The minimum atomic E-state index is -0.0246. The summed E-state index contributed by atoms with van der Waals surface area (Å²) in [6, 6.07) is 22.0. The van der Waals surface area contributed by atoms with E-state index in [9.17, 15) is 4.79 Å². The Morgan fingerprint density at radius 1 is 1.09 bits per heavy atom. The molecule has 1 amide bonds. The molecule has 1 saturated heterocycles. The smallest absolute Gasteiger partial charge is 0.227 e. The summed E-state index contributed by atoms with van der Waals surface area (Å²) in [5.41, 5.74) is 5.17. The van der Waals surface area contributed by atoms with E-state index in [1.54, 1.807) is 30.2 Å². The van der Waals surface area contributed by atoms with Gasteiger partial charge in [-0.3, -0.25) is 4.79 Å². The summed E-state index contributed by atoms with van der Waals surface area (Å²) in [6.45, 7) is 3.34. The number of ether oxygens (including phenoxy) is 1. The third-order valence-electron chi connectivity index (χ3n) is 6.03. The predicted molar refractivity (Wildman–Crippen MR) is 128 cm³/mol. The van der Waals surface area contributed by atoms with Crippen molar-refractivity contribution in [3.63, 3.8) is 0 Å². The number of benzene rings is 3. The van der Waals surface area contributed by atoms with E-state index in [4.69, 9.17) is 21.3 Å². The maximum Gasteiger partial charge on any atom is 0.227 e. The van der Waals surface area contributed by atoms with Gasteiger partial charge >= 0.3 is 0 Å². The van der Waals surface area contributed by atoms with Crippen LogP contribution >= 0.6 is 11.6 Å². The van der Waals surface area contributed by atoms with E-state index in [0.29, 0.717) is 36.0 Å². The lowest BCUT2D eigenvalue weighted by atomic mass is 10.1. The fourth-order valence-corrected chi connectivity index (χ4v) is 4.72. The van der Waals surface area contributed by atoms with Gasteiger partial charge in [-0.2, -0.15) is 0 Å². The fourth-order valence-electron chi connectivity index (χ4n) is 4.55. The summed E-state index contributed by atoms with van der Waals surface area (Å²) in [5, 5.41) is 0.573. The molecule has 1 aliphatic rings. The summed E-state index contributed by atoms with van der Waals surface area (Å²) in [7, 11) is 1.60. The number of hydrogen-bond acceptors (Lipinski definition) is 3. The van der Waals surface area contributed by atoms with Gasteiger partial charge in [-0.15, -0.1) is 0 Å². The maximum atomic E-state index is 13.1. The predicted octanol–water partition coefficient (Wildman–Crippen LogP) is 5.58. The molecule has 6 heteroatoms. The number of imidazole rings is 1. The average Bonchev–Trinajstić information content (AvgIpc) is 3.34. The fraction of sp³-hybridized carbons (Fsp3) is 0.231. The molecule has 0 spiro atoms. The van der Waals surface area contributed by atoms with Crippen molar-refractivity contribution in [3.05, 3.63) is 88.7 Å². The third-order valence-corrected chi connectivity index (χ3v) is 6.26. The molecule has 1 aromatic heterocycles. The molecule has 0 radical (unpaired) electrons. The molecule has 1 atom stereocenters. The van der Waals surface area contributed by atoms with Crippen LogP contribution in [0.15, 0.2) is 66.7 Å². The van der Waals surface area contributed by atoms with Gasteiger partial charge in [-0.05, 0) is 42.8 Å². The second kappa shape index (κ2) is 8.32. The van der Waals surface area contributed by atoms with Crippen LogP contribution < -0.4 is 9.64 Å². The molecule has 0 bridgehead atoms. The van der Waals surface area contributed by atoms with Crippen molar-refractivity contribution < 1.29 is 9.53 Å². The summed E-state index contributed by atoms with van der Waals surface area (Å²) >= 11 is 6.23. The average molecular weight is 446 g/mol. The zero-order chi connectivity index (χ0) is 22.2. The van der Waals surface area contributed by atoms with Crippen LogP contribution in [-0.2, 0) is 11.3 Å². The molecular weight excluding hydrogens is 422 g/mol. The van der Waals surface area contributed by atoms with Crippen LogP contribution in [0.5, 0.6) is 5.75 Å². The third kappa shape index (κ3) is 3.73. The maximum absolute atomic E-state index is 13.1. The quantitative estimate of drug-likeness (QED) is 0.403. The molecule has 0 unspecified atom stereocenters. The summed E-state index contributed by atoms with van der Waals surface area (Å²) in [4.78, 5) is 19.8. The van der Waals surface area contributed by atoms with E-state index in [1.165, 1.54) is 11.1 Å². The van der Waals surface area contributed by atoms with Crippen LogP contribution in [-0.4, -0.2) is 29.1 Å². The van der Waals surface area contributed by atoms with Crippen molar-refractivity contribution in [1.82, 2.24) is 9.55 Å². The normalized spacial score (nSPS) is 16.2. The number of fused-ring (bicyclic) bond motifs is 1. The number of hydrogen-bond donors (Lipinski definition) is 0. The van der Waals surface area contributed by atoms with Gasteiger partial charge in [0, 0.05) is 30.5 Å². The van der Waals surface area contributed by atoms with Gasteiger partial charge in [0.05, 0.1) is 23.8 Å². The number of carbonyl (C=O) groups is 1. The van der Waals surface area contributed by atoms with Gasteiger partial charge < -0.3 is 14.2 Å². The number of aromatic nitrogens is 2. The van der Waals surface area contributed by atoms with Gasteiger partial charge in [0.25, 0.3) is 0 Å². The monoisotopic (exact) mass is 445 g/mol. The zero-order valence-electron chi connectivity index (χ0n) is 18.1. The van der Waals surface area contributed by atoms with E-state index >= 15 is 0 Å². The second-order valence-corrected chi connectivity index (χ2v) is 8.69. The highest BCUT2D eigenvalue weighted by Crippen LogP contribution is 2.38. The van der Waals surface area contributed by atoms with Crippen molar-refractivity contribution in [2.75, 3.05) is 18.6 Å². The first kappa shape index (κ1) is 20.6. The molecule has 162 valence electrons. The number of amides is 1. The Bertz CT molecular complexity index is 1310. The highest BCUT2D eigenvalue weighted by atomic mass is 35.5. The Labute approximate surface area is 192 Å². The van der Waals surface area contributed by atoms with Crippen LogP contribution in [0, 0.1) is 6.92 Å². The van der Waals surface area contributed by atoms with Crippen LogP contribution in [0.3, 0.4) is 0 Å². The van der Waals surface area contributed by atoms with Gasteiger partial charge in [-0.25, -0.2) is 4.98 Å². The Balaban J connectivity index is 1.54. The molecule has 2 heterocycles. The standard InChI is InChI=1S/C26H24ClN3O2/c1-17-6-5-7-18(12-17)15-30-22-9-4-3-8-21(22)28-26(30)19-13-25(31)29(16-19)23-14-20(27)10-11-24(23)32-2/h3-12,14,19H,13,15-16H2,1-2H3/t19-/m1/s1. The van der Waals surface area contributed by atoms with Gasteiger partial charge in [0.2, 0.25) is 5.91 Å². The first-order valence-electron chi connectivity index (χ1n) is 10.7. The molecule has 32 heavy (non-hydrogen) atoms. The minimum Gasteiger partial charge on any atom is -0.495 e. The molecule has 3 aromatic carbocycles. The largest absolute Gasteiger partial charge is 0.495 e.